The van der Waals surface area contributed by atoms with Crippen LogP contribution in [-0.4, -0.2) is 19.2 Å². The van der Waals surface area contributed by atoms with Crippen molar-refractivity contribution in [3.63, 3.8) is 0 Å². The van der Waals surface area contributed by atoms with Gasteiger partial charge in [-0.15, -0.1) is 0 Å². The summed E-state index contributed by atoms with van der Waals surface area (Å²) in [5.74, 6) is 1.77. The summed E-state index contributed by atoms with van der Waals surface area (Å²) in [7, 11) is 1.65. The third-order valence-corrected chi connectivity index (χ3v) is 3.50. The molecule has 1 aromatic carbocycles. The smallest absolute Gasteiger partial charge is 0.352 e. The van der Waals surface area contributed by atoms with Gasteiger partial charge >= 0.3 is 5.97 Å². The Balaban J connectivity index is 2.22. The van der Waals surface area contributed by atoms with E-state index in [1.54, 1.807) is 14.0 Å². The maximum Gasteiger partial charge on any atom is 0.352 e. The lowest BCUT2D eigenvalue weighted by atomic mass is 10.0. The van der Waals surface area contributed by atoms with Crippen molar-refractivity contribution in [2.24, 2.45) is 0 Å². The summed E-state index contributed by atoms with van der Waals surface area (Å²) in [5.41, 5.74) is 1.93. The van der Waals surface area contributed by atoms with Crippen LogP contribution in [0.5, 0.6) is 11.5 Å². The SMILES string of the molecule is COc1ccc2c3c1CCCC=C3OC(=O)C(C)O2. The van der Waals surface area contributed by atoms with Gasteiger partial charge in [0, 0.05) is 5.56 Å². The van der Waals surface area contributed by atoms with E-state index in [1.807, 2.05) is 18.2 Å². The lowest BCUT2D eigenvalue weighted by Crippen LogP contribution is -2.23. The summed E-state index contributed by atoms with van der Waals surface area (Å²) in [6, 6.07) is 3.73. The molecule has 1 aliphatic heterocycles. The topological polar surface area (TPSA) is 44.8 Å². The summed E-state index contributed by atoms with van der Waals surface area (Å²) < 4.78 is 16.6. The number of methoxy groups -OCH3 is 1. The first-order valence-electron chi connectivity index (χ1n) is 6.49. The predicted molar refractivity (Wildman–Crippen MR) is 70.1 cm³/mol. The van der Waals surface area contributed by atoms with Crippen LogP contribution in [0, 0.1) is 0 Å². The van der Waals surface area contributed by atoms with Crippen LogP contribution in [-0.2, 0) is 16.0 Å². The number of hydrogen-bond donors (Lipinski definition) is 0. The molecule has 3 rings (SSSR count). The van der Waals surface area contributed by atoms with Crippen LogP contribution in [0.1, 0.15) is 30.9 Å². The maximum atomic E-state index is 11.8. The van der Waals surface area contributed by atoms with Crippen LogP contribution >= 0.6 is 0 Å². The van der Waals surface area contributed by atoms with Crippen LogP contribution in [0.2, 0.25) is 0 Å². The standard InChI is InChI=1S/C15H16O4/c1-9-15(16)19-12-6-4-3-5-10-11(17-2)7-8-13(18-9)14(10)12/h6-9H,3-5H2,1-2H3. The number of hydrogen-bond acceptors (Lipinski definition) is 4. The molecule has 0 saturated heterocycles. The van der Waals surface area contributed by atoms with E-state index in [4.69, 9.17) is 14.2 Å². The largest absolute Gasteiger partial charge is 0.496 e. The molecule has 0 bridgehead atoms. The fourth-order valence-electron chi connectivity index (χ4n) is 2.55. The molecule has 1 heterocycles. The third-order valence-electron chi connectivity index (χ3n) is 3.50. The first kappa shape index (κ1) is 12.1. The highest BCUT2D eigenvalue weighted by Gasteiger charge is 2.30. The molecule has 0 radical (unpaired) electrons. The molecule has 1 atom stereocenters. The Morgan fingerprint density at radius 1 is 1.37 bits per heavy atom. The normalized spacial score (nSPS) is 21.3. The number of esters is 1. The fraction of sp³-hybridized carbons (Fsp3) is 0.400. The highest BCUT2D eigenvalue weighted by Crippen LogP contribution is 2.41. The van der Waals surface area contributed by atoms with Crippen LogP contribution in [0.4, 0.5) is 0 Å². The van der Waals surface area contributed by atoms with Crippen molar-refractivity contribution < 1.29 is 19.0 Å². The van der Waals surface area contributed by atoms with E-state index in [9.17, 15) is 4.79 Å². The van der Waals surface area contributed by atoms with Gasteiger partial charge in [-0.3, -0.25) is 0 Å². The van der Waals surface area contributed by atoms with E-state index in [1.165, 1.54) is 0 Å². The van der Waals surface area contributed by atoms with Crippen LogP contribution in [0.3, 0.4) is 0 Å². The number of allylic oxidation sites excluding steroid dienone is 1. The summed E-state index contributed by atoms with van der Waals surface area (Å²) in [6.07, 6.45) is 4.15. The highest BCUT2D eigenvalue weighted by atomic mass is 16.6. The van der Waals surface area contributed by atoms with Gasteiger partial charge in [0.1, 0.15) is 17.3 Å². The van der Waals surface area contributed by atoms with Crippen molar-refractivity contribution in [1.82, 2.24) is 0 Å². The lowest BCUT2D eigenvalue weighted by molar-refractivity contribution is -0.143. The number of carbonyl (C=O) groups is 1. The molecule has 0 saturated carbocycles. The van der Waals surface area contributed by atoms with Gasteiger partial charge in [-0.2, -0.15) is 0 Å². The number of carbonyl (C=O) groups excluding carboxylic acids is 1. The van der Waals surface area contributed by atoms with Crippen molar-refractivity contribution in [1.29, 1.82) is 0 Å². The molecule has 1 aliphatic carbocycles. The molecular formula is C15H16O4. The second kappa shape index (κ2) is 4.61. The quantitative estimate of drug-likeness (QED) is 0.728. The Labute approximate surface area is 112 Å². The van der Waals surface area contributed by atoms with Crippen LogP contribution in [0.15, 0.2) is 18.2 Å². The zero-order valence-corrected chi connectivity index (χ0v) is 11.1. The number of benzene rings is 1. The number of ether oxygens (including phenoxy) is 3. The molecule has 0 aromatic heterocycles. The average molecular weight is 260 g/mol. The first-order valence-corrected chi connectivity index (χ1v) is 6.49. The molecule has 4 heteroatoms. The maximum absolute atomic E-state index is 11.8. The zero-order chi connectivity index (χ0) is 13.4. The van der Waals surface area contributed by atoms with Gasteiger partial charge in [0.15, 0.2) is 6.10 Å². The first-order chi connectivity index (χ1) is 9.20. The predicted octanol–water partition coefficient (Wildman–Crippen LogP) is 2.70. The zero-order valence-electron chi connectivity index (χ0n) is 11.1. The molecular weight excluding hydrogens is 244 g/mol. The van der Waals surface area contributed by atoms with Crippen molar-refractivity contribution in [2.45, 2.75) is 32.3 Å². The second-order valence-corrected chi connectivity index (χ2v) is 4.76. The molecule has 2 aliphatic rings. The van der Waals surface area contributed by atoms with Gasteiger partial charge in [0.25, 0.3) is 0 Å². The van der Waals surface area contributed by atoms with Gasteiger partial charge in [0.05, 0.1) is 12.7 Å². The van der Waals surface area contributed by atoms with Gasteiger partial charge in [-0.25, -0.2) is 4.79 Å². The van der Waals surface area contributed by atoms with Crippen LogP contribution in [0.25, 0.3) is 5.76 Å². The minimum atomic E-state index is -0.592. The van der Waals surface area contributed by atoms with Crippen molar-refractivity contribution in [2.75, 3.05) is 7.11 Å². The van der Waals surface area contributed by atoms with E-state index in [0.717, 1.165) is 36.1 Å². The van der Waals surface area contributed by atoms with Crippen molar-refractivity contribution >= 4 is 11.7 Å². The molecule has 1 aromatic rings. The fourth-order valence-corrected chi connectivity index (χ4v) is 2.55. The van der Waals surface area contributed by atoms with Gasteiger partial charge in [-0.1, -0.05) is 0 Å². The Morgan fingerprint density at radius 3 is 3.00 bits per heavy atom. The molecule has 0 spiro atoms. The summed E-state index contributed by atoms with van der Waals surface area (Å²) >= 11 is 0. The Morgan fingerprint density at radius 2 is 2.21 bits per heavy atom. The molecule has 100 valence electrons. The number of rotatable bonds is 1. The van der Waals surface area contributed by atoms with Crippen molar-refractivity contribution in [3.05, 3.63) is 29.3 Å². The van der Waals surface area contributed by atoms with E-state index in [0.29, 0.717) is 11.5 Å². The second-order valence-electron chi connectivity index (χ2n) is 4.76. The van der Waals surface area contributed by atoms with Gasteiger partial charge < -0.3 is 14.2 Å². The van der Waals surface area contributed by atoms with E-state index < -0.39 is 6.10 Å². The molecule has 0 fully saturated rings. The van der Waals surface area contributed by atoms with E-state index >= 15 is 0 Å². The Kier molecular flexibility index (Phi) is 2.93. The third kappa shape index (κ3) is 1.97. The molecule has 0 N–H and O–H groups in total. The average Bonchev–Trinajstić information content (AvgIpc) is 2.67. The van der Waals surface area contributed by atoms with E-state index in [-0.39, 0.29) is 5.97 Å². The van der Waals surface area contributed by atoms with Crippen molar-refractivity contribution in [3.8, 4) is 11.5 Å². The molecule has 19 heavy (non-hydrogen) atoms. The van der Waals surface area contributed by atoms with Gasteiger partial charge in [-0.05, 0) is 44.4 Å². The van der Waals surface area contributed by atoms with Gasteiger partial charge in [0.2, 0.25) is 0 Å². The minimum absolute atomic E-state index is 0.353. The van der Waals surface area contributed by atoms with Crippen LogP contribution < -0.4 is 9.47 Å². The highest BCUT2D eigenvalue weighted by molar-refractivity contribution is 5.86. The minimum Gasteiger partial charge on any atom is -0.496 e. The monoisotopic (exact) mass is 260 g/mol. The Hall–Kier alpha value is -1.97. The lowest BCUT2D eigenvalue weighted by Gasteiger charge is -2.15. The summed E-state index contributed by atoms with van der Waals surface area (Å²) in [4.78, 5) is 11.8. The molecule has 0 amide bonds. The summed E-state index contributed by atoms with van der Waals surface area (Å²) in [6.45, 7) is 1.70. The van der Waals surface area contributed by atoms with E-state index in [2.05, 4.69) is 0 Å². The molecule has 4 nitrogen and oxygen atoms in total. The molecule has 1 unspecified atom stereocenters. The summed E-state index contributed by atoms with van der Waals surface area (Å²) in [5, 5.41) is 0. The Bertz CT molecular complexity index is 560.